The molecule has 1 N–H and O–H groups in total. The van der Waals surface area contributed by atoms with Crippen LogP contribution in [0, 0.1) is 5.92 Å². The fraction of sp³-hybridized carbons (Fsp3) is 0.417. The van der Waals surface area contributed by atoms with E-state index < -0.39 is 5.97 Å². The van der Waals surface area contributed by atoms with Gasteiger partial charge in [-0.3, -0.25) is 0 Å². The van der Waals surface area contributed by atoms with Gasteiger partial charge in [-0.15, -0.1) is 11.6 Å². The van der Waals surface area contributed by atoms with Crippen molar-refractivity contribution in [3.8, 4) is 0 Å². The highest BCUT2D eigenvalue weighted by atomic mass is 35.5. The van der Waals surface area contributed by atoms with E-state index in [2.05, 4.69) is 0 Å². The van der Waals surface area contributed by atoms with Crippen molar-refractivity contribution in [3.05, 3.63) is 34.9 Å². The van der Waals surface area contributed by atoms with Crippen molar-refractivity contribution < 1.29 is 9.90 Å². The van der Waals surface area contributed by atoms with Gasteiger partial charge in [0.1, 0.15) is 0 Å². The zero-order valence-electron chi connectivity index (χ0n) is 8.37. The Bertz CT molecular complexity index is 387. The third kappa shape index (κ3) is 2.15. The molecule has 0 radical (unpaired) electrons. The molecule has 1 aromatic carbocycles. The number of alkyl halides is 1. The number of carboxylic acid groups (broad SMARTS) is 1. The van der Waals surface area contributed by atoms with E-state index in [0.717, 1.165) is 19.3 Å². The Morgan fingerprint density at radius 3 is 2.93 bits per heavy atom. The summed E-state index contributed by atoms with van der Waals surface area (Å²) in [4.78, 5) is 10.8. The van der Waals surface area contributed by atoms with Gasteiger partial charge >= 0.3 is 5.97 Å². The summed E-state index contributed by atoms with van der Waals surface area (Å²) < 4.78 is 0. The van der Waals surface area contributed by atoms with E-state index >= 15 is 0 Å². The van der Waals surface area contributed by atoms with Gasteiger partial charge in [-0.1, -0.05) is 6.07 Å². The van der Waals surface area contributed by atoms with Crippen LogP contribution in [0.1, 0.15) is 27.9 Å². The molecule has 3 heteroatoms. The maximum atomic E-state index is 10.8. The SMILES string of the molecule is O=C(O)c1ccc2c(c1)CCC(CCl)C2. The lowest BCUT2D eigenvalue weighted by Gasteiger charge is -2.22. The van der Waals surface area contributed by atoms with Gasteiger partial charge < -0.3 is 5.11 Å². The molecule has 0 heterocycles. The predicted molar refractivity (Wildman–Crippen MR) is 59.6 cm³/mol. The smallest absolute Gasteiger partial charge is 0.335 e. The predicted octanol–water partition coefficient (Wildman–Crippen LogP) is 2.73. The van der Waals surface area contributed by atoms with Crippen LogP contribution in [-0.4, -0.2) is 17.0 Å². The third-order valence-corrected chi connectivity index (χ3v) is 3.44. The highest BCUT2D eigenvalue weighted by Crippen LogP contribution is 2.27. The Kier molecular flexibility index (Phi) is 2.96. The van der Waals surface area contributed by atoms with Gasteiger partial charge in [-0.2, -0.15) is 0 Å². The van der Waals surface area contributed by atoms with Crippen LogP contribution in [0.4, 0.5) is 0 Å². The average molecular weight is 225 g/mol. The molecule has 0 amide bonds. The minimum Gasteiger partial charge on any atom is -0.478 e. The Balaban J connectivity index is 2.28. The first kappa shape index (κ1) is 10.5. The van der Waals surface area contributed by atoms with Gasteiger partial charge in [0.15, 0.2) is 0 Å². The molecule has 80 valence electrons. The topological polar surface area (TPSA) is 37.3 Å². The first-order valence-electron chi connectivity index (χ1n) is 5.11. The minimum atomic E-state index is -0.850. The van der Waals surface area contributed by atoms with E-state index in [0.29, 0.717) is 17.4 Å². The van der Waals surface area contributed by atoms with Gasteiger partial charge in [-0.25, -0.2) is 4.79 Å². The molecule has 15 heavy (non-hydrogen) atoms. The van der Waals surface area contributed by atoms with Crippen LogP contribution in [0.15, 0.2) is 18.2 Å². The number of rotatable bonds is 2. The zero-order valence-corrected chi connectivity index (χ0v) is 9.13. The van der Waals surface area contributed by atoms with Crippen LogP contribution in [0.5, 0.6) is 0 Å². The van der Waals surface area contributed by atoms with E-state index in [1.165, 1.54) is 11.1 Å². The number of hydrogen-bond donors (Lipinski definition) is 1. The summed E-state index contributed by atoms with van der Waals surface area (Å²) in [5, 5.41) is 8.86. The molecule has 1 atom stereocenters. The molecule has 2 rings (SSSR count). The van der Waals surface area contributed by atoms with Crippen molar-refractivity contribution in [2.24, 2.45) is 5.92 Å². The zero-order chi connectivity index (χ0) is 10.8. The number of halogens is 1. The van der Waals surface area contributed by atoms with Crippen LogP contribution in [0.3, 0.4) is 0 Å². The molecule has 1 aliphatic carbocycles. The van der Waals surface area contributed by atoms with Crippen molar-refractivity contribution in [2.75, 3.05) is 5.88 Å². The molecule has 0 saturated heterocycles. The van der Waals surface area contributed by atoms with Crippen molar-refractivity contribution in [2.45, 2.75) is 19.3 Å². The number of hydrogen-bond acceptors (Lipinski definition) is 1. The van der Waals surface area contributed by atoms with Crippen LogP contribution >= 0.6 is 11.6 Å². The molecule has 1 aliphatic rings. The quantitative estimate of drug-likeness (QED) is 0.785. The number of benzene rings is 1. The number of aromatic carboxylic acids is 1. The maximum absolute atomic E-state index is 10.8. The Hall–Kier alpha value is -1.02. The highest BCUT2D eigenvalue weighted by Gasteiger charge is 2.18. The normalized spacial score (nSPS) is 19.7. The van der Waals surface area contributed by atoms with Crippen molar-refractivity contribution in [1.29, 1.82) is 0 Å². The molecule has 0 spiro atoms. The van der Waals surface area contributed by atoms with Crippen LogP contribution in [0.25, 0.3) is 0 Å². The first-order chi connectivity index (χ1) is 7.20. The second-order valence-corrected chi connectivity index (χ2v) is 4.36. The number of aryl methyl sites for hydroxylation is 1. The van der Waals surface area contributed by atoms with Crippen LogP contribution in [0.2, 0.25) is 0 Å². The lowest BCUT2D eigenvalue weighted by atomic mass is 9.84. The fourth-order valence-corrected chi connectivity index (χ4v) is 2.36. The fourth-order valence-electron chi connectivity index (χ4n) is 2.10. The van der Waals surface area contributed by atoms with E-state index in [1.807, 2.05) is 6.07 Å². The highest BCUT2D eigenvalue weighted by molar-refractivity contribution is 6.18. The largest absolute Gasteiger partial charge is 0.478 e. The molecule has 0 fully saturated rings. The summed E-state index contributed by atoms with van der Waals surface area (Å²) in [7, 11) is 0. The van der Waals surface area contributed by atoms with Crippen molar-refractivity contribution in [1.82, 2.24) is 0 Å². The molecular weight excluding hydrogens is 212 g/mol. The summed E-state index contributed by atoms with van der Waals surface area (Å²) in [6, 6.07) is 5.40. The average Bonchev–Trinajstić information content (AvgIpc) is 2.27. The molecule has 1 aromatic rings. The lowest BCUT2D eigenvalue weighted by Crippen LogP contribution is -2.16. The molecule has 2 nitrogen and oxygen atoms in total. The Morgan fingerprint density at radius 1 is 1.47 bits per heavy atom. The number of carboxylic acids is 1. The van der Waals surface area contributed by atoms with Crippen molar-refractivity contribution in [3.63, 3.8) is 0 Å². The summed E-state index contributed by atoms with van der Waals surface area (Å²) in [6.07, 6.45) is 3.01. The van der Waals surface area contributed by atoms with Gasteiger partial charge in [0, 0.05) is 5.88 Å². The maximum Gasteiger partial charge on any atom is 0.335 e. The van der Waals surface area contributed by atoms with Crippen LogP contribution < -0.4 is 0 Å². The number of fused-ring (bicyclic) bond motifs is 1. The molecule has 0 aliphatic heterocycles. The van der Waals surface area contributed by atoms with E-state index in [9.17, 15) is 4.79 Å². The number of carbonyl (C=O) groups is 1. The second kappa shape index (κ2) is 4.23. The van der Waals surface area contributed by atoms with Gasteiger partial charge in [0.05, 0.1) is 5.56 Å². The molecule has 0 bridgehead atoms. The summed E-state index contributed by atoms with van der Waals surface area (Å²) in [5.41, 5.74) is 2.83. The summed E-state index contributed by atoms with van der Waals surface area (Å²) in [6.45, 7) is 0. The van der Waals surface area contributed by atoms with Gasteiger partial charge in [0.25, 0.3) is 0 Å². The second-order valence-electron chi connectivity index (χ2n) is 4.05. The Labute approximate surface area is 93.9 Å². The van der Waals surface area contributed by atoms with Crippen LogP contribution in [-0.2, 0) is 12.8 Å². The molecule has 1 unspecified atom stereocenters. The summed E-state index contributed by atoms with van der Waals surface area (Å²) in [5.74, 6) is 0.396. The van der Waals surface area contributed by atoms with Crippen molar-refractivity contribution >= 4 is 17.6 Å². The Morgan fingerprint density at radius 2 is 2.27 bits per heavy atom. The van der Waals surface area contributed by atoms with Gasteiger partial charge in [-0.05, 0) is 48.4 Å². The molecule has 0 saturated carbocycles. The lowest BCUT2D eigenvalue weighted by molar-refractivity contribution is 0.0696. The van der Waals surface area contributed by atoms with E-state index in [-0.39, 0.29) is 0 Å². The minimum absolute atomic E-state index is 0.387. The third-order valence-electron chi connectivity index (χ3n) is 3.00. The van der Waals surface area contributed by atoms with E-state index in [4.69, 9.17) is 16.7 Å². The van der Waals surface area contributed by atoms with Gasteiger partial charge in [0.2, 0.25) is 0 Å². The first-order valence-corrected chi connectivity index (χ1v) is 5.65. The standard InChI is InChI=1S/C12H13ClO2/c13-7-8-1-2-10-6-11(12(14)15)4-3-9(10)5-8/h3-4,6,8H,1-2,5,7H2,(H,14,15). The molecular formula is C12H13ClO2. The molecule has 0 aromatic heterocycles. The van der Waals surface area contributed by atoms with E-state index in [1.54, 1.807) is 12.1 Å². The summed E-state index contributed by atoms with van der Waals surface area (Å²) >= 11 is 5.83. The monoisotopic (exact) mass is 224 g/mol.